The van der Waals surface area contributed by atoms with Gasteiger partial charge in [-0.25, -0.2) is 4.52 Å². The Morgan fingerprint density at radius 3 is 2.62 bits per heavy atom. The Labute approximate surface area is 161 Å². The summed E-state index contributed by atoms with van der Waals surface area (Å²) in [5.74, 6) is 0.904. The van der Waals surface area contributed by atoms with Gasteiger partial charge in [0.15, 0.2) is 0 Å². The third kappa shape index (κ3) is 6.64. The molecule has 0 bridgehead atoms. The molecule has 1 fully saturated rings. The molecule has 2 rings (SSSR count). The van der Waals surface area contributed by atoms with Gasteiger partial charge in [0.2, 0.25) is 0 Å². The van der Waals surface area contributed by atoms with Gasteiger partial charge in [-0.1, -0.05) is 26.9 Å². The standard InChI is InChI=1S/C18H33NO4P3/c1-14(11-20)22-18-15(7-6-8-17(18)25-12-21-13-25)16(9-10-19-24-2)23-26(3,4)5/h6-8,14,16,19-20,24H,9-13H2,1-5H3/q+1/t14-,16?/m1/s1. The second-order valence-electron chi connectivity index (χ2n) is 7.26. The molecule has 1 heterocycles. The van der Waals surface area contributed by atoms with E-state index < -0.39 is 7.49 Å². The van der Waals surface area contributed by atoms with Gasteiger partial charge in [0.1, 0.15) is 25.4 Å². The molecule has 1 aliphatic rings. The van der Waals surface area contributed by atoms with Gasteiger partial charge in [-0.05, 0) is 27.9 Å². The molecule has 5 nitrogen and oxygen atoms in total. The van der Waals surface area contributed by atoms with Gasteiger partial charge in [-0.2, -0.15) is 0 Å². The first-order valence-electron chi connectivity index (χ1n) is 8.98. The van der Waals surface area contributed by atoms with Crippen LogP contribution in [-0.4, -0.2) is 63.7 Å². The van der Waals surface area contributed by atoms with Crippen molar-refractivity contribution in [2.75, 3.05) is 52.5 Å². The van der Waals surface area contributed by atoms with Crippen molar-refractivity contribution in [3.05, 3.63) is 23.8 Å². The first-order chi connectivity index (χ1) is 12.4. The van der Waals surface area contributed by atoms with Crippen LogP contribution in [0.2, 0.25) is 0 Å². The third-order valence-corrected chi connectivity index (χ3v) is 7.45. The Morgan fingerprint density at radius 1 is 1.35 bits per heavy atom. The van der Waals surface area contributed by atoms with E-state index in [1.54, 1.807) is 0 Å². The summed E-state index contributed by atoms with van der Waals surface area (Å²) in [5, 5.41) is 14.2. The lowest BCUT2D eigenvalue weighted by Crippen LogP contribution is -2.26. The monoisotopic (exact) mass is 420 g/mol. The van der Waals surface area contributed by atoms with Crippen LogP contribution in [0.15, 0.2) is 18.2 Å². The van der Waals surface area contributed by atoms with Crippen LogP contribution in [0, 0.1) is 0 Å². The summed E-state index contributed by atoms with van der Waals surface area (Å²) in [6.07, 6.45) is 2.23. The van der Waals surface area contributed by atoms with Crippen LogP contribution in [0.25, 0.3) is 0 Å². The first kappa shape index (κ1) is 22.4. The van der Waals surface area contributed by atoms with Gasteiger partial charge in [0.05, 0.1) is 39.3 Å². The zero-order valence-electron chi connectivity index (χ0n) is 16.5. The average Bonchev–Trinajstić information content (AvgIpc) is 2.52. The highest BCUT2D eigenvalue weighted by molar-refractivity contribution is 7.69. The number of para-hydroxylation sites is 1. The van der Waals surface area contributed by atoms with Gasteiger partial charge in [-0.3, -0.25) is 5.09 Å². The van der Waals surface area contributed by atoms with Gasteiger partial charge in [0.25, 0.3) is 0 Å². The molecule has 26 heavy (non-hydrogen) atoms. The maximum Gasteiger partial charge on any atom is 0.137 e. The zero-order valence-corrected chi connectivity index (χ0v) is 19.3. The summed E-state index contributed by atoms with van der Waals surface area (Å²) in [7, 11) is -1.03. The summed E-state index contributed by atoms with van der Waals surface area (Å²) in [6, 6.07) is 6.37. The number of ether oxygens (including phenoxy) is 2. The molecule has 0 aromatic heterocycles. The van der Waals surface area contributed by atoms with E-state index in [-0.39, 0.29) is 26.7 Å². The number of hydrogen-bond donors (Lipinski definition) is 2. The molecule has 8 heteroatoms. The van der Waals surface area contributed by atoms with Gasteiger partial charge in [0, 0.05) is 17.4 Å². The molecule has 0 radical (unpaired) electrons. The maximum absolute atomic E-state index is 9.51. The zero-order chi connectivity index (χ0) is 19.2. The fourth-order valence-electron chi connectivity index (χ4n) is 2.71. The fourth-order valence-corrected chi connectivity index (χ4v) is 5.49. The summed E-state index contributed by atoms with van der Waals surface area (Å²) in [5.41, 5.74) is 1.10. The van der Waals surface area contributed by atoms with Crippen molar-refractivity contribution < 1.29 is 19.1 Å². The van der Waals surface area contributed by atoms with Crippen molar-refractivity contribution in [1.29, 1.82) is 0 Å². The Kier molecular flexibility index (Phi) is 9.17. The van der Waals surface area contributed by atoms with Crippen LogP contribution in [0.5, 0.6) is 5.75 Å². The topological polar surface area (TPSA) is 60.0 Å². The van der Waals surface area contributed by atoms with E-state index >= 15 is 0 Å². The molecule has 0 amide bonds. The van der Waals surface area contributed by atoms with Crippen LogP contribution < -0.4 is 15.1 Å². The van der Waals surface area contributed by atoms with E-state index in [0.717, 1.165) is 45.7 Å². The largest absolute Gasteiger partial charge is 0.487 e. The molecule has 0 aliphatic carbocycles. The van der Waals surface area contributed by atoms with Crippen molar-refractivity contribution >= 4 is 29.4 Å². The highest BCUT2D eigenvalue weighted by atomic mass is 31.2. The average molecular weight is 420 g/mol. The number of aliphatic hydroxyl groups is 1. The molecule has 0 saturated carbocycles. The second-order valence-corrected chi connectivity index (χ2v) is 14.2. The third-order valence-electron chi connectivity index (χ3n) is 3.93. The maximum atomic E-state index is 9.51. The van der Waals surface area contributed by atoms with Gasteiger partial charge in [-0.15, -0.1) is 0 Å². The molecular formula is C18H33NO4P3+. The van der Waals surface area contributed by atoms with E-state index in [0.29, 0.717) is 0 Å². The highest BCUT2D eigenvalue weighted by Crippen LogP contribution is 2.54. The van der Waals surface area contributed by atoms with Crippen LogP contribution in [0.3, 0.4) is 0 Å². The van der Waals surface area contributed by atoms with Crippen LogP contribution in [0.1, 0.15) is 25.0 Å². The molecule has 148 valence electrons. The Hall–Kier alpha value is 0.150. The van der Waals surface area contributed by atoms with Crippen LogP contribution >= 0.6 is 24.1 Å². The molecule has 1 aromatic rings. The molecule has 2 unspecified atom stereocenters. The number of benzene rings is 1. The Bertz CT molecular complexity index is 564. The van der Waals surface area contributed by atoms with E-state index in [9.17, 15) is 5.11 Å². The lowest BCUT2D eigenvalue weighted by Gasteiger charge is -2.31. The Balaban J connectivity index is 2.37. The number of hydrogen-bond acceptors (Lipinski definition) is 5. The van der Waals surface area contributed by atoms with Crippen molar-refractivity contribution in [3.8, 4) is 5.75 Å². The number of aliphatic hydroxyl groups excluding tert-OH is 1. The highest BCUT2D eigenvalue weighted by Gasteiger charge is 2.32. The predicted molar refractivity (Wildman–Crippen MR) is 116 cm³/mol. The molecule has 0 spiro atoms. The quantitative estimate of drug-likeness (QED) is 0.423. The number of rotatable bonds is 11. The molecule has 1 saturated heterocycles. The SMILES string of the molecule is CPNCCC(O[P+](C)(C)C)c1cccc(P2COC2)c1O[C@H](C)CO. The lowest BCUT2D eigenvalue weighted by molar-refractivity contribution is 0.124. The summed E-state index contributed by atoms with van der Waals surface area (Å²) in [6.45, 7) is 11.5. The minimum atomic E-state index is -1.43. The Morgan fingerprint density at radius 2 is 2.08 bits per heavy atom. The minimum absolute atomic E-state index is 0.00148. The molecule has 3 atom stereocenters. The van der Waals surface area contributed by atoms with Crippen molar-refractivity contribution in [2.45, 2.75) is 25.6 Å². The second kappa shape index (κ2) is 10.6. The first-order valence-corrected chi connectivity index (χ1v) is 15.2. The summed E-state index contributed by atoms with van der Waals surface area (Å²) < 4.78 is 18.2. The lowest BCUT2D eigenvalue weighted by atomic mass is 10.1. The van der Waals surface area contributed by atoms with E-state index in [2.05, 4.69) is 49.9 Å². The van der Waals surface area contributed by atoms with Crippen LogP contribution in [0.4, 0.5) is 0 Å². The van der Waals surface area contributed by atoms with Crippen molar-refractivity contribution in [1.82, 2.24) is 5.09 Å². The van der Waals surface area contributed by atoms with E-state index in [4.69, 9.17) is 14.0 Å². The minimum Gasteiger partial charge on any atom is -0.487 e. The van der Waals surface area contributed by atoms with Crippen molar-refractivity contribution in [2.24, 2.45) is 0 Å². The summed E-state index contributed by atoms with van der Waals surface area (Å²) >= 11 is 0. The van der Waals surface area contributed by atoms with E-state index in [1.807, 2.05) is 6.92 Å². The fraction of sp³-hybridized carbons (Fsp3) is 0.667. The summed E-state index contributed by atoms with van der Waals surface area (Å²) in [4.78, 5) is 0. The molecule has 1 aromatic carbocycles. The molecular weight excluding hydrogens is 387 g/mol. The smallest absolute Gasteiger partial charge is 0.137 e. The van der Waals surface area contributed by atoms with Crippen molar-refractivity contribution in [3.63, 3.8) is 0 Å². The molecule has 2 N–H and O–H groups in total. The van der Waals surface area contributed by atoms with Gasteiger partial charge < -0.3 is 14.6 Å². The van der Waals surface area contributed by atoms with Gasteiger partial charge >= 0.3 is 0 Å². The molecule has 1 aliphatic heterocycles. The van der Waals surface area contributed by atoms with Crippen LogP contribution in [-0.2, 0) is 9.26 Å². The number of nitrogens with one attached hydrogen (secondary N) is 1. The normalized spacial score (nSPS) is 18.1. The predicted octanol–water partition coefficient (Wildman–Crippen LogP) is 3.58. The van der Waals surface area contributed by atoms with E-state index in [1.165, 1.54) is 5.30 Å².